The third kappa shape index (κ3) is 4.44. The number of benzene rings is 3. The van der Waals surface area contributed by atoms with Crippen molar-refractivity contribution >= 4 is 40.5 Å². The predicted molar refractivity (Wildman–Crippen MR) is 151 cm³/mol. The lowest BCUT2D eigenvalue weighted by Gasteiger charge is -2.44. The second-order valence-electron chi connectivity index (χ2n) is 11.5. The van der Waals surface area contributed by atoms with E-state index in [1.165, 1.54) is 30.3 Å². The molecule has 2 atom stereocenters. The van der Waals surface area contributed by atoms with Crippen LogP contribution in [-0.4, -0.2) is 39.5 Å². The third-order valence-corrected chi connectivity index (χ3v) is 12.3. The summed E-state index contributed by atoms with van der Waals surface area (Å²) < 4.78 is 79.4. The summed E-state index contributed by atoms with van der Waals surface area (Å²) in [4.78, 5) is 26.4. The van der Waals surface area contributed by atoms with Gasteiger partial charge in [-0.2, -0.15) is 21.6 Å². The largest absolute Gasteiger partial charge is 0.534 e. The molecule has 0 fully saturated rings. The number of rotatable bonds is 4. The first-order valence-corrected chi connectivity index (χ1v) is 16.8. The minimum absolute atomic E-state index is 0.169. The lowest BCUT2D eigenvalue weighted by Crippen LogP contribution is -2.64. The predicted octanol–water partition coefficient (Wildman–Crippen LogP) is 4.87. The van der Waals surface area contributed by atoms with Gasteiger partial charge in [0.2, 0.25) is 0 Å². The molecular formula is C30H27F3O7SSi. The summed E-state index contributed by atoms with van der Waals surface area (Å²) in [5.41, 5.74) is -3.71. The highest BCUT2D eigenvalue weighted by atomic mass is 32.2. The van der Waals surface area contributed by atoms with Crippen molar-refractivity contribution in [1.29, 1.82) is 0 Å². The van der Waals surface area contributed by atoms with Gasteiger partial charge in [-0.05, 0) is 68.4 Å². The van der Waals surface area contributed by atoms with Crippen molar-refractivity contribution in [2.45, 2.75) is 51.0 Å². The van der Waals surface area contributed by atoms with E-state index in [9.17, 15) is 31.2 Å². The van der Waals surface area contributed by atoms with Crippen molar-refractivity contribution in [3.63, 3.8) is 0 Å². The maximum Gasteiger partial charge on any atom is 0.534 e. The summed E-state index contributed by atoms with van der Waals surface area (Å²) in [7, 11) is -8.97. The average Bonchev–Trinajstić information content (AvgIpc) is 3.17. The zero-order valence-electron chi connectivity index (χ0n) is 23.4. The van der Waals surface area contributed by atoms with Crippen molar-refractivity contribution in [1.82, 2.24) is 0 Å². The molecule has 2 aliphatic rings. The van der Waals surface area contributed by atoms with Gasteiger partial charge in [0.05, 0.1) is 11.1 Å². The van der Waals surface area contributed by atoms with Crippen molar-refractivity contribution in [3.05, 3.63) is 100 Å². The van der Waals surface area contributed by atoms with E-state index in [2.05, 4.69) is 10.8 Å². The molecule has 0 saturated heterocycles. The summed E-state index contributed by atoms with van der Waals surface area (Å²) in [6, 6.07) is 13.8. The number of fused-ring (bicyclic) bond motifs is 6. The van der Waals surface area contributed by atoms with Crippen LogP contribution in [0.3, 0.4) is 0 Å². The Bertz CT molecular complexity index is 1790. The highest BCUT2D eigenvalue weighted by Crippen LogP contribution is 2.49. The molecule has 0 aliphatic carbocycles. The molecule has 2 unspecified atom stereocenters. The molecular weight excluding hydrogens is 589 g/mol. The molecule has 1 spiro atoms. The first-order valence-electron chi connectivity index (χ1n) is 12.9. The average molecular weight is 617 g/mol. The Kier molecular flexibility index (Phi) is 6.55. The Balaban J connectivity index is 1.82. The Morgan fingerprint density at radius 1 is 0.976 bits per heavy atom. The number of alkyl halides is 3. The number of carbonyl (C=O) groups is 2. The zero-order valence-corrected chi connectivity index (χ0v) is 25.2. The summed E-state index contributed by atoms with van der Waals surface area (Å²) in [6.45, 7) is 13.0. The molecule has 0 saturated carbocycles. The number of hydrogen-bond acceptors (Lipinski definition) is 7. The fourth-order valence-electron chi connectivity index (χ4n) is 5.52. The van der Waals surface area contributed by atoms with Crippen LogP contribution in [0.5, 0.6) is 5.75 Å². The van der Waals surface area contributed by atoms with E-state index < -0.39 is 52.6 Å². The molecule has 5 rings (SSSR count). The lowest BCUT2D eigenvalue weighted by atomic mass is 9.78. The van der Waals surface area contributed by atoms with Crippen LogP contribution in [0.4, 0.5) is 13.2 Å². The topological polar surface area (TPSA) is 96.0 Å². The van der Waals surface area contributed by atoms with E-state index in [0.29, 0.717) is 21.9 Å². The number of aryl methyl sites for hydroxylation is 1. The quantitative estimate of drug-likeness (QED) is 0.179. The second-order valence-corrected chi connectivity index (χ2v) is 16.9. The van der Waals surface area contributed by atoms with Gasteiger partial charge in [-0.25, -0.2) is 9.59 Å². The number of esters is 2. The van der Waals surface area contributed by atoms with Gasteiger partial charge in [0.25, 0.3) is 0 Å². The van der Waals surface area contributed by atoms with Crippen LogP contribution in [-0.2, 0) is 25.2 Å². The van der Waals surface area contributed by atoms with Crippen LogP contribution in [0.2, 0.25) is 6.55 Å². The van der Waals surface area contributed by atoms with Crippen LogP contribution in [0.1, 0.15) is 63.7 Å². The third-order valence-electron chi connectivity index (χ3n) is 7.44. The Labute approximate surface area is 242 Å². The molecule has 3 aromatic rings. The van der Waals surface area contributed by atoms with Crippen molar-refractivity contribution < 1.29 is 44.8 Å². The van der Waals surface area contributed by atoms with Crippen molar-refractivity contribution in [3.8, 4) is 5.75 Å². The molecule has 2 heterocycles. The van der Waals surface area contributed by atoms with Gasteiger partial charge in [0.15, 0.2) is 5.60 Å². The minimum atomic E-state index is -5.95. The van der Waals surface area contributed by atoms with Crippen LogP contribution in [0.15, 0.2) is 66.9 Å². The monoisotopic (exact) mass is 616 g/mol. The minimum Gasteiger partial charge on any atom is -0.456 e. The van der Waals surface area contributed by atoms with Crippen molar-refractivity contribution in [2.24, 2.45) is 0 Å². The van der Waals surface area contributed by atoms with Crippen LogP contribution >= 0.6 is 0 Å². The second kappa shape index (κ2) is 9.30. The standard InChI is InChI=1S/C30H27F3O7SSi/c1-7-42(6)24-14-17(2)8-12-21(24)29(22-13-10-19(16-25(22)42)40-41(36,37)30(31,32)33)23-15-18(26(34)38-28(3,4)5)9-11-20(23)27(35)39-29/h7-16H,1H2,2-6H3. The summed E-state index contributed by atoms with van der Waals surface area (Å²) in [5.74, 6) is -1.83. The van der Waals surface area contributed by atoms with E-state index in [-0.39, 0.29) is 11.1 Å². The van der Waals surface area contributed by atoms with E-state index in [1.54, 1.807) is 26.5 Å². The van der Waals surface area contributed by atoms with Crippen molar-refractivity contribution in [2.75, 3.05) is 0 Å². The summed E-state index contributed by atoms with van der Waals surface area (Å²) in [5, 5.41) is 1.19. The van der Waals surface area contributed by atoms with E-state index in [0.717, 1.165) is 16.8 Å². The van der Waals surface area contributed by atoms with Gasteiger partial charge in [-0.3, -0.25) is 0 Å². The molecule has 12 heteroatoms. The Morgan fingerprint density at radius 3 is 2.19 bits per heavy atom. The van der Waals surface area contributed by atoms with Crippen LogP contribution in [0.25, 0.3) is 0 Å². The smallest absolute Gasteiger partial charge is 0.456 e. The fraction of sp³-hybridized carbons (Fsp3) is 0.267. The molecule has 0 bridgehead atoms. The molecule has 0 aromatic heterocycles. The summed E-state index contributed by atoms with van der Waals surface area (Å²) in [6.07, 6.45) is 0. The first kappa shape index (κ1) is 29.6. The Morgan fingerprint density at radius 2 is 1.60 bits per heavy atom. The number of hydrogen-bond donors (Lipinski definition) is 0. The van der Waals surface area contributed by atoms with E-state index >= 15 is 0 Å². The normalized spacial score (nSPS) is 21.2. The molecule has 0 radical (unpaired) electrons. The van der Waals surface area contributed by atoms with Crippen LogP contribution in [0, 0.1) is 6.92 Å². The highest BCUT2D eigenvalue weighted by molar-refractivity contribution is 7.88. The lowest BCUT2D eigenvalue weighted by molar-refractivity contribution is -0.0500. The Hall–Kier alpha value is -3.90. The van der Waals surface area contributed by atoms with Gasteiger partial charge in [0, 0.05) is 16.7 Å². The SMILES string of the molecule is C=C[Si]1(C)c2cc(C)ccc2C2(OC(=O)c3ccc(C(=O)OC(C)(C)C)cc32)c2ccc(OS(=O)(=O)C(F)(F)F)cc21. The fourth-order valence-corrected chi connectivity index (χ4v) is 9.31. The zero-order chi connectivity index (χ0) is 31.0. The van der Waals surface area contributed by atoms with Gasteiger partial charge in [-0.1, -0.05) is 42.1 Å². The summed E-state index contributed by atoms with van der Waals surface area (Å²) >= 11 is 0. The highest BCUT2D eigenvalue weighted by Gasteiger charge is 2.57. The molecule has 42 heavy (non-hydrogen) atoms. The number of halogens is 3. The molecule has 0 N–H and O–H groups in total. The molecule has 3 aromatic carbocycles. The van der Waals surface area contributed by atoms with Gasteiger partial charge in [0.1, 0.15) is 19.4 Å². The molecule has 7 nitrogen and oxygen atoms in total. The molecule has 0 amide bonds. The van der Waals surface area contributed by atoms with E-state index in [1.807, 2.05) is 31.7 Å². The van der Waals surface area contributed by atoms with E-state index in [4.69, 9.17) is 9.47 Å². The molecule has 220 valence electrons. The maximum absolute atomic E-state index is 13.4. The number of carbonyl (C=O) groups excluding carboxylic acids is 2. The van der Waals surface area contributed by atoms with Gasteiger partial charge < -0.3 is 13.7 Å². The van der Waals surface area contributed by atoms with Gasteiger partial charge >= 0.3 is 27.6 Å². The van der Waals surface area contributed by atoms with Crippen LogP contribution < -0.4 is 14.6 Å². The first-order chi connectivity index (χ1) is 19.3. The number of ether oxygens (including phenoxy) is 2. The maximum atomic E-state index is 13.4. The molecule has 2 aliphatic heterocycles. The van der Waals surface area contributed by atoms with Gasteiger partial charge in [-0.15, -0.1) is 6.58 Å².